The maximum absolute atomic E-state index is 13.8. The lowest BCUT2D eigenvalue weighted by Gasteiger charge is -2.12. The van der Waals surface area contributed by atoms with E-state index in [1.165, 1.54) is 6.07 Å². The summed E-state index contributed by atoms with van der Waals surface area (Å²) in [7, 11) is 0. The highest BCUT2D eigenvalue weighted by Crippen LogP contribution is 2.38. The molecule has 2 rings (SSSR count). The van der Waals surface area contributed by atoms with Crippen LogP contribution in [-0.4, -0.2) is 11.0 Å². The van der Waals surface area contributed by atoms with Gasteiger partial charge in [0.05, 0.1) is 17.7 Å². The smallest absolute Gasteiger partial charge is 0.232 e. The van der Waals surface area contributed by atoms with Crippen molar-refractivity contribution < 1.29 is 14.3 Å². The van der Waals surface area contributed by atoms with E-state index in [2.05, 4.69) is 5.32 Å². The highest BCUT2D eigenvalue weighted by Gasteiger charge is 2.32. The van der Waals surface area contributed by atoms with Crippen LogP contribution in [0.3, 0.4) is 0 Å². The number of benzene rings is 1. The molecular formula is C13H16FNO2. The number of hydrogen-bond donors (Lipinski definition) is 2. The highest BCUT2D eigenvalue weighted by atomic mass is 19.1. The molecule has 1 aliphatic rings. The largest absolute Gasteiger partial charge is 0.388 e. The fraction of sp³-hybridized carbons (Fsp3) is 0.462. The van der Waals surface area contributed by atoms with E-state index in [-0.39, 0.29) is 17.5 Å². The summed E-state index contributed by atoms with van der Waals surface area (Å²) in [6.45, 7) is 3.72. The second kappa shape index (κ2) is 4.45. The van der Waals surface area contributed by atoms with Gasteiger partial charge in [0.1, 0.15) is 5.82 Å². The van der Waals surface area contributed by atoms with Crippen LogP contribution in [0, 0.1) is 5.82 Å². The third-order valence-corrected chi connectivity index (χ3v) is 3.26. The van der Waals surface area contributed by atoms with Crippen LogP contribution in [-0.2, 0) is 4.79 Å². The normalized spacial score (nSPS) is 20.0. The fourth-order valence-electron chi connectivity index (χ4n) is 2.24. The van der Waals surface area contributed by atoms with E-state index >= 15 is 0 Å². The summed E-state index contributed by atoms with van der Waals surface area (Å²) in [5, 5.41) is 12.3. The Hall–Kier alpha value is -1.42. The maximum Gasteiger partial charge on any atom is 0.232 e. The molecule has 0 saturated heterocycles. The van der Waals surface area contributed by atoms with Crippen molar-refractivity contribution in [1.82, 2.24) is 0 Å². The van der Waals surface area contributed by atoms with Gasteiger partial charge in [0.15, 0.2) is 0 Å². The highest BCUT2D eigenvalue weighted by molar-refractivity contribution is 6.03. The molecule has 4 heteroatoms. The molecule has 17 heavy (non-hydrogen) atoms. The Bertz CT molecular complexity index is 459. The van der Waals surface area contributed by atoms with Crippen molar-refractivity contribution in [1.29, 1.82) is 0 Å². The van der Waals surface area contributed by atoms with E-state index in [4.69, 9.17) is 0 Å². The lowest BCUT2D eigenvalue weighted by Crippen LogP contribution is -2.10. The summed E-state index contributed by atoms with van der Waals surface area (Å²) in [5.41, 5.74) is 1.48. The first-order chi connectivity index (χ1) is 8.08. The Morgan fingerprint density at radius 2 is 2.18 bits per heavy atom. The van der Waals surface area contributed by atoms with Gasteiger partial charge in [0, 0.05) is 0 Å². The predicted octanol–water partition coefficient (Wildman–Crippen LogP) is 2.71. The number of rotatable bonds is 3. The third kappa shape index (κ3) is 1.93. The second-order valence-electron chi connectivity index (χ2n) is 4.34. The Morgan fingerprint density at radius 1 is 1.47 bits per heavy atom. The van der Waals surface area contributed by atoms with Gasteiger partial charge in [0.25, 0.3) is 0 Å². The quantitative estimate of drug-likeness (QED) is 0.849. The van der Waals surface area contributed by atoms with E-state index in [0.29, 0.717) is 24.0 Å². The number of hydrogen-bond acceptors (Lipinski definition) is 2. The van der Waals surface area contributed by atoms with Crippen LogP contribution in [0.1, 0.15) is 49.8 Å². The van der Waals surface area contributed by atoms with Crippen LogP contribution >= 0.6 is 0 Å². The van der Waals surface area contributed by atoms with E-state index < -0.39 is 11.9 Å². The summed E-state index contributed by atoms with van der Waals surface area (Å²) in [4.78, 5) is 11.6. The Balaban J connectivity index is 2.50. The van der Waals surface area contributed by atoms with Crippen molar-refractivity contribution >= 4 is 11.6 Å². The molecule has 1 aromatic rings. The fourth-order valence-corrected chi connectivity index (χ4v) is 2.24. The molecule has 2 unspecified atom stereocenters. The van der Waals surface area contributed by atoms with Gasteiger partial charge in [0.2, 0.25) is 5.91 Å². The zero-order valence-corrected chi connectivity index (χ0v) is 9.96. The minimum atomic E-state index is -0.678. The molecule has 0 fully saturated rings. The predicted molar refractivity (Wildman–Crippen MR) is 63.3 cm³/mol. The molecular weight excluding hydrogens is 221 g/mol. The third-order valence-electron chi connectivity index (χ3n) is 3.26. The number of carbonyl (C=O) groups excluding carboxylic acids is 1. The number of fused-ring (bicyclic) bond motifs is 1. The number of amides is 1. The average Bonchev–Trinajstić information content (AvgIpc) is 2.64. The van der Waals surface area contributed by atoms with Crippen molar-refractivity contribution in [3.8, 4) is 0 Å². The van der Waals surface area contributed by atoms with E-state index in [1.54, 1.807) is 6.07 Å². The first-order valence-electron chi connectivity index (χ1n) is 5.90. The van der Waals surface area contributed by atoms with Gasteiger partial charge in [-0.3, -0.25) is 4.79 Å². The number of anilines is 1. The topological polar surface area (TPSA) is 49.3 Å². The van der Waals surface area contributed by atoms with Gasteiger partial charge in [-0.1, -0.05) is 19.9 Å². The minimum Gasteiger partial charge on any atom is -0.388 e. The molecule has 1 aromatic carbocycles. The Kier molecular flexibility index (Phi) is 3.15. The van der Waals surface area contributed by atoms with Crippen LogP contribution in [0.15, 0.2) is 12.1 Å². The zero-order chi connectivity index (χ0) is 12.6. The monoisotopic (exact) mass is 237 g/mol. The van der Waals surface area contributed by atoms with Crippen molar-refractivity contribution in [2.75, 3.05) is 5.32 Å². The minimum absolute atomic E-state index is 0.162. The number of carbonyl (C=O) groups is 1. The van der Waals surface area contributed by atoms with Crippen LogP contribution < -0.4 is 5.32 Å². The molecule has 0 bridgehead atoms. The number of nitrogens with one attached hydrogen (secondary N) is 1. The van der Waals surface area contributed by atoms with Gasteiger partial charge in [-0.25, -0.2) is 4.39 Å². The standard InChI is InChI=1S/C13H16FNO2/c1-3-8-9-5-7(11(16)4-2)6-10(14)12(9)15-13(8)17/h5-6,8,11,16H,3-4H2,1-2H3,(H,15,17). The molecule has 2 atom stereocenters. The van der Waals surface area contributed by atoms with Crippen LogP contribution in [0.25, 0.3) is 0 Å². The molecule has 0 spiro atoms. The summed E-state index contributed by atoms with van der Waals surface area (Å²) >= 11 is 0. The SMILES string of the molecule is CCC(O)c1cc(F)c2c(c1)C(CC)C(=O)N2. The molecule has 1 heterocycles. The molecule has 1 amide bonds. The van der Waals surface area contributed by atoms with Gasteiger partial charge in [-0.15, -0.1) is 0 Å². The molecule has 3 nitrogen and oxygen atoms in total. The Morgan fingerprint density at radius 3 is 2.76 bits per heavy atom. The first-order valence-corrected chi connectivity index (χ1v) is 5.90. The molecule has 2 N–H and O–H groups in total. The van der Waals surface area contributed by atoms with Crippen molar-refractivity contribution in [2.45, 2.75) is 38.7 Å². The van der Waals surface area contributed by atoms with Crippen LogP contribution in [0.2, 0.25) is 0 Å². The van der Waals surface area contributed by atoms with Crippen LogP contribution in [0.4, 0.5) is 10.1 Å². The number of aliphatic hydroxyl groups is 1. The Labute approximate surface area is 99.7 Å². The van der Waals surface area contributed by atoms with E-state index in [1.807, 2.05) is 13.8 Å². The number of aliphatic hydroxyl groups excluding tert-OH is 1. The molecule has 92 valence electrons. The lowest BCUT2D eigenvalue weighted by molar-refractivity contribution is -0.117. The van der Waals surface area contributed by atoms with Crippen molar-refractivity contribution in [3.05, 3.63) is 29.1 Å². The van der Waals surface area contributed by atoms with Crippen LogP contribution in [0.5, 0.6) is 0 Å². The van der Waals surface area contributed by atoms with Gasteiger partial charge >= 0.3 is 0 Å². The van der Waals surface area contributed by atoms with Gasteiger partial charge < -0.3 is 10.4 Å². The number of halogens is 1. The van der Waals surface area contributed by atoms with E-state index in [0.717, 1.165) is 0 Å². The maximum atomic E-state index is 13.8. The van der Waals surface area contributed by atoms with E-state index in [9.17, 15) is 14.3 Å². The van der Waals surface area contributed by atoms with Crippen molar-refractivity contribution in [2.24, 2.45) is 0 Å². The van der Waals surface area contributed by atoms with Gasteiger partial charge in [-0.05, 0) is 30.0 Å². The summed E-state index contributed by atoms with van der Waals surface area (Å²) < 4.78 is 13.8. The zero-order valence-electron chi connectivity index (χ0n) is 9.96. The summed E-state index contributed by atoms with van der Waals surface area (Å²) in [5.74, 6) is -0.928. The second-order valence-corrected chi connectivity index (χ2v) is 4.34. The average molecular weight is 237 g/mol. The first kappa shape index (κ1) is 12.0. The summed E-state index contributed by atoms with van der Waals surface area (Å²) in [6.07, 6.45) is 0.475. The molecule has 0 aromatic heterocycles. The molecule has 0 radical (unpaired) electrons. The van der Waals surface area contributed by atoms with Crippen molar-refractivity contribution in [3.63, 3.8) is 0 Å². The van der Waals surface area contributed by atoms with Gasteiger partial charge in [-0.2, -0.15) is 0 Å². The molecule has 0 saturated carbocycles. The molecule has 1 aliphatic heterocycles. The summed E-state index contributed by atoms with van der Waals surface area (Å²) in [6, 6.07) is 3.03. The molecule has 0 aliphatic carbocycles. The lowest BCUT2D eigenvalue weighted by atomic mass is 9.94.